The summed E-state index contributed by atoms with van der Waals surface area (Å²) in [6.07, 6.45) is 10.6. The fraction of sp³-hybridized carbons (Fsp3) is 0.455. The number of sulfonamides is 1. The first-order valence-electron chi connectivity index (χ1n) is 10.6. The van der Waals surface area contributed by atoms with Gasteiger partial charge in [0.15, 0.2) is 0 Å². The maximum absolute atomic E-state index is 13.3. The van der Waals surface area contributed by atoms with Gasteiger partial charge in [0, 0.05) is 33.0 Å². The van der Waals surface area contributed by atoms with Crippen molar-refractivity contribution in [1.29, 1.82) is 0 Å². The Balaban J connectivity index is 1.66. The Hall–Kier alpha value is -2.03. The van der Waals surface area contributed by atoms with E-state index in [-0.39, 0.29) is 14.9 Å². The average Bonchev–Trinajstić information content (AvgIpc) is 3.31. The smallest absolute Gasteiger partial charge is 0.267 e. The van der Waals surface area contributed by atoms with Gasteiger partial charge in [-0.1, -0.05) is 36.0 Å². The second kappa shape index (κ2) is 10.3. The molecule has 7 nitrogen and oxygen atoms in total. The van der Waals surface area contributed by atoms with Crippen molar-refractivity contribution in [2.75, 3.05) is 11.4 Å². The van der Waals surface area contributed by atoms with E-state index in [0.717, 1.165) is 49.9 Å². The van der Waals surface area contributed by atoms with Crippen molar-refractivity contribution in [1.82, 2.24) is 19.3 Å². The monoisotopic (exact) mass is 497 g/mol. The molecule has 0 atom stereocenters. The van der Waals surface area contributed by atoms with Crippen molar-refractivity contribution in [3.63, 3.8) is 0 Å². The van der Waals surface area contributed by atoms with Crippen LogP contribution in [0.25, 0.3) is 0 Å². The largest absolute Gasteiger partial charge is 0.337 e. The van der Waals surface area contributed by atoms with Crippen LogP contribution in [0.15, 0.2) is 35.7 Å². The topological polar surface area (TPSA) is 73.0 Å². The number of aryl methyl sites for hydroxylation is 4. The quantitative estimate of drug-likeness (QED) is 0.362. The minimum absolute atomic E-state index is 0.0740. The summed E-state index contributed by atoms with van der Waals surface area (Å²) in [4.78, 5) is 3.97. The Morgan fingerprint density at radius 3 is 2.28 bits per heavy atom. The molecule has 3 aromatic rings. The van der Waals surface area contributed by atoms with E-state index in [0.29, 0.717) is 11.4 Å². The van der Waals surface area contributed by atoms with E-state index in [9.17, 15) is 8.42 Å². The maximum Gasteiger partial charge on any atom is 0.267 e. The third-order valence-electron chi connectivity index (χ3n) is 5.65. The molecule has 1 aromatic carbocycles. The first-order valence-corrected chi connectivity index (χ1v) is 12.7. The molecule has 0 saturated carbocycles. The van der Waals surface area contributed by atoms with Gasteiger partial charge in [-0.05, 0) is 50.8 Å². The fourth-order valence-electron chi connectivity index (χ4n) is 3.87. The number of aromatic nitrogens is 4. The number of anilines is 1. The Morgan fingerprint density at radius 2 is 1.72 bits per heavy atom. The van der Waals surface area contributed by atoms with Crippen LogP contribution in [-0.2, 0) is 30.0 Å². The van der Waals surface area contributed by atoms with Gasteiger partial charge in [0.2, 0.25) is 0 Å². The normalized spacial score (nSPS) is 11.8. The molecule has 174 valence electrons. The number of hydrogen-bond donors (Lipinski definition) is 0. The molecule has 3 rings (SSSR count). The highest BCUT2D eigenvalue weighted by Crippen LogP contribution is 2.36. The summed E-state index contributed by atoms with van der Waals surface area (Å²) in [5, 5.41) is 4.58. The van der Waals surface area contributed by atoms with Crippen molar-refractivity contribution in [3.8, 4) is 0 Å². The maximum atomic E-state index is 13.3. The van der Waals surface area contributed by atoms with E-state index in [2.05, 4.69) is 14.6 Å². The lowest BCUT2D eigenvalue weighted by molar-refractivity contribution is 0.571. The molecule has 0 amide bonds. The lowest BCUT2D eigenvalue weighted by Crippen LogP contribution is -2.28. The van der Waals surface area contributed by atoms with Gasteiger partial charge in [0.25, 0.3) is 10.0 Å². The van der Waals surface area contributed by atoms with Crippen LogP contribution in [0.5, 0.6) is 0 Å². The van der Waals surface area contributed by atoms with E-state index >= 15 is 0 Å². The predicted molar refractivity (Wildman–Crippen MR) is 129 cm³/mol. The summed E-state index contributed by atoms with van der Waals surface area (Å²) < 4.78 is 31.6. The van der Waals surface area contributed by atoms with Crippen molar-refractivity contribution >= 4 is 38.9 Å². The Morgan fingerprint density at radius 1 is 1.06 bits per heavy atom. The van der Waals surface area contributed by atoms with Crippen LogP contribution < -0.4 is 4.31 Å². The molecule has 0 fully saturated rings. The zero-order valence-corrected chi connectivity index (χ0v) is 21.2. The van der Waals surface area contributed by atoms with E-state index in [1.54, 1.807) is 37.0 Å². The molecule has 32 heavy (non-hydrogen) atoms. The van der Waals surface area contributed by atoms with Gasteiger partial charge in [-0.2, -0.15) is 5.10 Å². The number of unbranched alkanes of at least 4 members (excludes halogenated alkanes) is 3. The summed E-state index contributed by atoms with van der Waals surface area (Å²) in [7, 11) is -0.674. The second-order valence-corrected chi connectivity index (χ2v) is 10.7. The molecule has 0 spiro atoms. The van der Waals surface area contributed by atoms with Crippen LogP contribution in [0.2, 0.25) is 10.0 Å². The number of benzene rings is 1. The Bertz CT molecular complexity index is 1150. The molecule has 0 unspecified atom stereocenters. The lowest BCUT2D eigenvalue weighted by atomic mass is 10.1. The molecule has 0 N–H and O–H groups in total. The van der Waals surface area contributed by atoms with E-state index in [1.165, 1.54) is 11.4 Å². The van der Waals surface area contributed by atoms with Crippen molar-refractivity contribution in [2.45, 2.75) is 57.4 Å². The second-order valence-electron chi connectivity index (χ2n) is 7.97. The molecule has 0 aliphatic heterocycles. The summed E-state index contributed by atoms with van der Waals surface area (Å²) >= 11 is 12.9. The third-order valence-corrected chi connectivity index (χ3v) is 8.33. The van der Waals surface area contributed by atoms with E-state index in [4.69, 9.17) is 23.2 Å². The SMILES string of the molecule is Cc1nn(C)c(C)c1N(C)S(=O)(=O)c1c(Cl)cc(CCCCCCn2ccnc2)cc1Cl. The van der Waals surface area contributed by atoms with Crippen LogP contribution in [-0.4, -0.2) is 34.8 Å². The first-order chi connectivity index (χ1) is 15.1. The lowest BCUT2D eigenvalue weighted by Gasteiger charge is -2.21. The molecule has 0 aliphatic rings. The summed E-state index contributed by atoms with van der Waals surface area (Å²) in [6, 6.07) is 3.42. The van der Waals surface area contributed by atoms with Crippen molar-refractivity contribution < 1.29 is 8.42 Å². The molecule has 0 saturated heterocycles. The van der Waals surface area contributed by atoms with Gasteiger partial charge in [-0.3, -0.25) is 8.99 Å². The van der Waals surface area contributed by atoms with Crippen LogP contribution >= 0.6 is 23.2 Å². The highest BCUT2D eigenvalue weighted by atomic mass is 35.5. The number of rotatable bonds is 10. The highest BCUT2D eigenvalue weighted by molar-refractivity contribution is 7.93. The average molecular weight is 498 g/mol. The molecular weight excluding hydrogens is 469 g/mol. The van der Waals surface area contributed by atoms with Gasteiger partial charge < -0.3 is 4.57 Å². The van der Waals surface area contributed by atoms with Gasteiger partial charge in [-0.15, -0.1) is 0 Å². The standard InChI is InChI=1S/C22H29Cl2N5O2S/c1-16-21(17(2)27(3)26-16)28(4)32(30,31)22-19(23)13-18(14-20(22)24)9-7-5-6-8-11-29-12-10-25-15-29/h10,12-15H,5-9,11H2,1-4H3. The first kappa shape index (κ1) is 24.6. The molecule has 2 aromatic heterocycles. The van der Waals surface area contributed by atoms with Gasteiger partial charge in [0.1, 0.15) is 4.90 Å². The van der Waals surface area contributed by atoms with Gasteiger partial charge in [-0.25, -0.2) is 13.4 Å². The molecule has 2 heterocycles. The van der Waals surface area contributed by atoms with Crippen molar-refractivity contribution in [2.24, 2.45) is 7.05 Å². The third kappa shape index (κ3) is 5.30. The van der Waals surface area contributed by atoms with E-state index in [1.807, 2.05) is 19.4 Å². The minimum Gasteiger partial charge on any atom is -0.337 e. The van der Waals surface area contributed by atoms with Crippen molar-refractivity contribution in [3.05, 3.63) is 57.9 Å². The van der Waals surface area contributed by atoms with Crippen LogP contribution in [0.1, 0.15) is 42.6 Å². The molecule has 10 heteroatoms. The predicted octanol–water partition coefficient (Wildman–Crippen LogP) is 5.17. The molecular formula is C22H29Cl2N5O2S. The molecule has 0 bridgehead atoms. The number of nitrogens with zero attached hydrogens (tertiary/aromatic N) is 5. The number of hydrogen-bond acceptors (Lipinski definition) is 4. The van der Waals surface area contributed by atoms with Crippen LogP contribution in [0.3, 0.4) is 0 Å². The van der Waals surface area contributed by atoms with Gasteiger partial charge in [0.05, 0.1) is 33.4 Å². The molecule has 0 radical (unpaired) electrons. The Labute approximate surface area is 200 Å². The zero-order chi connectivity index (χ0) is 23.5. The summed E-state index contributed by atoms with van der Waals surface area (Å²) in [5.41, 5.74) is 2.82. The number of imidazole rings is 1. The summed E-state index contributed by atoms with van der Waals surface area (Å²) in [6.45, 7) is 4.56. The summed E-state index contributed by atoms with van der Waals surface area (Å²) in [5.74, 6) is 0. The Kier molecular flexibility index (Phi) is 7.90. The van der Waals surface area contributed by atoms with Crippen LogP contribution in [0, 0.1) is 13.8 Å². The minimum atomic E-state index is -3.95. The van der Waals surface area contributed by atoms with E-state index < -0.39 is 10.0 Å². The zero-order valence-electron chi connectivity index (χ0n) is 18.8. The number of halogens is 2. The van der Waals surface area contributed by atoms with Crippen LogP contribution in [0.4, 0.5) is 5.69 Å². The fourth-order valence-corrected chi connectivity index (χ4v) is 6.38. The van der Waals surface area contributed by atoms with Gasteiger partial charge >= 0.3 is 0 Å². The highest BCUT2D eigenvalue weighted by Gasteiger charge is 2.30. The molecule has 0 aliphatic carbocycles.